The Kier molecular flexibility index (Phi) is 72.5. The molecule has 0 spiro atoms. The van der Waals surface area contributed by atoms with Crippen molar-refractivity contribution >= 4 is 56.9 Å². The van der Waals surface area contributed by atoms with Gasteiger partial charge in [0.2, 0.25) is 0 Å². The Labute approximate surface area is 648 Å². The zero-order valence-corrected chi connectivity index (χ0v) is 66.0. The van der Waals surface area contributed by atoms with E-state index in [1.54, 1.807) is 48.5 Å². The van der Waals surface area contributed by atoms with Gasteiger partial charge in [-0.1, -0.05) is 84.3 Å². The fourth-order valence-corrected chi connectivity index (χ4v) is 4.58. The van der Waals surface area contributed by atoms with Crippen LogP contribution in [0.5, 0.6) is 0 Å². The van der Waals surface area contributed by atoms with E-state index >= 15 is 0 Å². The molecule has 0 heterocycles. The number of nitrogens with zero attached hydrogens (tertiary/aromatic N) is 3. The third-order valence-electron chi connectivity index (χ3n) is 8.20. The molecule has 28 heteroatoms. The van der Waals surface area contributed by atoms with E-state index in [1.165, 1.54) is 48.5 Å². The van der Waals surface area contributed by atoms with E-state index in [1.807, 2.05) is 18.2 Å². The summed E-state index contributed by atoms with van der Waals surface area (Å²) in [4.78, 5) is 29.1. The number of nitrogen functional groups attached to an aromatic ring is 4. The van der Waals surface area contributed by atoms with Crippen molar-refractivity contribution < 1.29 is 310 Å². The van der Waals surface area contributed by atoms with Gasteiger partial charge in [0.1, 0.15) is 0 Å². The van der Waals surface area contributed by atoms with Crippen LogP contribution >= 0.6 is 0 Å². The Morgan fingerprint density at radius 2 is 0.662 bits per heavy atom. The third kappa shape index (κ3) is 38.2. The summed E-state index contributed by atoms with van der Waals surface area (Å²) in [6, 6.07) is 30.7. The first-order chi connectivity index (χ1) is 30.4. The molecule has 6 rings (SSSR count). The molecule has 0 saturated heterocycles. The predicted molar refractivity (Wildman–Crippen MR) is 271 cm³/mol. The van der Waals surface area contributed by atoms with E-state index in [-0.39, 0.29) is 368 Å². The van der Waals surface area contributed by atoms with Gasteiger partial charge >= 0.3 is 0 Å². The smallest absolute Gasteiger partial charge is 0.269 e. The molecule has 22 nitrogen and oxygen atoms in total. The molecule has 0 atom stereocenters. The quantitative estimate of drug-likeness (QED) is 0.0365. The van der Waals surface area contributed by atoms with Crippen LogP contribution in [0.2, 0.25) is 0 Å². The van der Waals surface area contributed by atoms with E-state index in [0.717, 1.165) is 11.6 Å². The monoisotopic (exact) mass is 2310 g/mol. The summed E-state index contributed by atoms with van der Waals surface area (Å²) in [5.41, 5.74) is 49.1. The number of hydrogen-bond acceptors (Lipinski definition) is 16. The van der Waals surface area contributed by atoms with E-state index in [9.17, 15) is 30.3 Å². The van der Waals surface area contributed by atoms with Gasteiger partial charge in [0.05, 0.1) is 54.4 Å². The van der Waals surface area contributed by atoms with Gasteiger partial charge in [-0.05, 0) is 47.0 Å². The molecule has 74 heavy (non-hydrogen) atoms. The summed E-state index contributed by atoms with van der Waals surface area (Å²) in [5.74, 6) is 0. The molecule has 0 aliphatic heterocycles. The van der Waals surface area contributed by atoms with Gasteiger partial charge in [-0.15, -0.1) is 17.1 Å². The maximum atomic E-state index is 10.3. The number of aliphatic hydroxyl groups excluding tert-OH is 6. The number of benzene rings is 6. The van der Waals surface area contributed by atoms with Crippen LogP contribution in [0.15, 0.2) is 121 Å². The summed E-state index contributed by atoms with van der Waals surface area (Å²) < 4.78 is 0. The zero-order valence-electron chi connectivity index (χ0n) is 37.5. The van der Waals surface area contributed by atoms with Crippen LogP contribution in [0.1, 0.15) is 63.1 Å². The number of nitro groups is 3. The zero-order chi connectivity index (χ0) is 48.4. The number of nitrogens with one attached hydrogen (secondary N) is 3. The molecule has 6 radical (unpaired) electrons. The Hall–Kier alpha value is 0.529. The second-order valence-corrected chi connectivity index (χ2v) is 12.6. The first-order valence-corrected chi connectivity index (χ1v) is 18.3. The van der Waals surface area contributed by atoms with Gasteiger partial charge in [-0.3, -0.25) is 30.3 Å². The molecule has 0 fully saturated rings. The Bertz CT molecular complexity index is 2350. The number of nitro benzene ring substituents is 3. The SMILES string of the molecule is C.C.C.C.Nc1ccc(N)c(CO)c1.Nc1ccc([N+](=O)[O-])cc1CO.Nc1ccccc1CO.[Ac].[Ac].[Ac].[Ac].[Ac].[Ac].[NH-]c1cc([N+](=O)[O-])ccc1CO.[NH-]c1ccc([N+](=O)[O-])cc1CO.[NH-]c1ccccc1CO. The van der Waals surface area contributed by atoms with Crippen molar-refractivity contribution in [2.24, 2.45) is 0 Å². The van der Waals surface area contributed by atoms with Crippen LogP contribution in [0.25, 0.3) is 17.2 Å². The minimum Gasteiger partial charge on any atom is -0.698 e. The van der Waals surface area contributed by atoms with E-state index in [2.05, 4.69) is 0 Å². The number of nitrogens with two attached hydrogens (primary N) is 4. The number of rotatable bonds is 9. The molecular weight excluding hydrogens is 2250 g/mol. The minimum absolute atomic E-state index is 0. The Morgan fingerprint density at radius 3 is 1.03 bits per heavy atom. The fraction of sp³-hybridized carbons (Fsp3) is 0.217. The molecule has 6 aromatic rings. The molecule has 17 N–H and O–H groups in total. The number of hydrogen-bond donors (Lipinski definition) is 10. The van der Waals surface area contributed by atoms with Crippen molar-refractivity contribution in [3.63, 3.8) is 0 Å². The van der Waals surface area contributed by atoms with Crippen LogP contribution in [0.4, 0.5) is 56.9 Å². The van der Waals surface area contributed by atoms with Crippen LogP contribution in [0.3, 0.4) is 0 Å². The first kappa shape index (κ1) is 96.8. The molecule has 0 aromatic heterocycles. The second kappa shape index (κ2) is 55.4. The van der Waals surface area contributed by atoms with Gasteiger partial charge in [-0.2, -0.15) is 0 Å². The molecule has 0 saturated carbocycles. The Morgan fingerprint density at radius 1 is 0.351 bits per heavy atom. The van der Waals surface area contributed by atoms with Crippen molar-refractivity contribution in [3.05, 3.63) is 202 Å². The minimum atomic E-state index is -0.570. The molecule has 0 aliphatic carbocycles. The summed E-state index contributed by atoms with van der Waals surface area (Å²) in [6.07, 6.45) is 0. The van der Waals surface area contributed by atoms with E-state index < -0.39 is 14.8 Å². The maximum absolute atomic E-state index is 10.3. The number of anilines is 4. The van der Waals surface area contributed by atoms with Crippen LogP contribution in [0, 0.1) is 295 Å². The van der Waals surface area contributed by atoms with Crippen molar-refractivity contribution in [1.29, 1.82) is 0 Å². The molecular formula is C46H65Ac6N10O12-3. The number of para-hydroxylation sites is 1. The van der Waals surface area contributed by atoms with Crippen LogP contribution < -0.4 is 22.9 Å². The number of non-ortho nitro benzene ring substituents is 3. The summed E-state index contributed by atoms with van der Waals surface area (Å²) in [5, 5.41) is 82.7. The molecule has 0 bridgehead atoms. The number of aliphatic hydroxyl groups is 6. The van der Waals surface area contributed by atoms with Gasteiger partial charge < -0.3 is 70.8 Å². The first-order valence-electron chi connectivity index (χ1n) is 18.3. The molecule has 0 aliphatic rings. The van der Waals surface area contributed by atoms with Gasteiger partial charge in [-0.25, -0.2) is 0 Å². The molecule has 0 amide bonds. The largest absolute Gasteiger partial charge is 0.698 e. The van der Waals surface area contributed by atoms with Crippen LogP contribution in [-0.4, -0.2) is 45.4 Å². The van der Waals surface area contributed by atoms with Crippen molar-refractivity contribution in [2.45, 2.75) is 69.3 Å². The van der Waals surface area contributed by atoms with Gasteiger partial charge in [0.25, 0.3) is 17.1 Å². The fourth-order valence-electron chi connectivity index (χ4n) is 4.58. The molecule has 6 aromatic carbocycles. The van der Waals surface area contributed by atoms with Crippen molar-refractivity contribution in [3.8, 4) is 0 Å². The standard InChI is InChI=1S/C7H8N2O3.2C7H7N2O3.C7H10N2O.C7H9NO.C7H8NO.4CH4.6Ac/c2*8-7-2-1-6(9(11)12)3-5(7)4-10;8-7-3-6(9(11)12)2-1-5(7)4-10;8-6-1-2-7(9)5(3-6)4-10;2*8-7-4-2-1-3-6(7)5-9;;;;;;;;;;/h1-3,10H,4,8H2;2*1-3,8,10H,4H2;1-3,10H,4,8-9H2;1-4,9H,5,8H2;1-4,8-9H,5H2;4*1H4;;;;;;/q;2*-1;;;-1;;;;;;;;;;. The molecule has 0 unspecified atom stereocenters. The van der Waals surface area contributed by atoms with Crippen molar-refractivity contribution in [1.82, 2.24) is 0 Å². The van der Waals surface area contributed by atoms with Crippen molar-refractivity contribution in [2.75, 3.05) is 22.9 Å². The second-order valence-electron chi connectivity index (χ2n) is 12.6. The molecule has 392 valence electrons. The van der Waals surface area contributed by atoms with Crippen LogP contribution in [-0.2, 0) is 39.6 Å². The average molecular weight is 2310 g/mol. The van der Waals surface area contributed by atoms with Gasteiger partial charge in [0, 0.05) is 340 Å². The topological polar surface area (TPSA) is 426 Å². The third-order valence-corrected chi connectivity index (χ3v) is 8.20. The normalized spacial score (nSPS) is 8.35. The predicted octanol–water partition coefficient (Wildman–Crippen LogP) is 9.72. The summed E-state index contributed by atoms with van der Waals surface area (Å²) in [7, 11) is 0. The summed E-state index contributed by atoms with van der Waals surface area (Å²) in [6.45, 7) is -0.978. The Balaban J connectivity index is -0.0000000811. The maximum Gasteiger partial charge on any atom is 0.269 e. The van der Waals surface area contributed by atoms with E-state index in [0.29, 0.717) is 50.7 Å². The summed E-state index contributed by atoms with van der Waals surface area (Å²) >= 11 is 0. The van der Waals surface area contributed by atoms with E-state index in [4.69, 9.17) is 70.8 Å². The van der Waals surface area contributed by atoms with Gasteiger partial charge in [0.15, 0.2) is 0 Å². The average Bonchev–Trinajstić information content (AvgIpc) is 3.28.